The fraction of sp³-hybridized carbons (Fsp3) is 0.240. The molecule has 30 heavy (non-hydrogen) atoms. The number of hydrazine groups is 1. The van der Waals surface area contributed by atoms with E-state index in [0.717, 1.165) is 44.2 Å². The summed E-state index contributed by atoms with van der Waals surface area (Å²) in [6.07, 6.45) is -0.542. The lowest BCUT2D eigenvalue weighted by atomic mass is 9.84. The molecule has 0 unspecified atom stereocenters. The Morgan fingerprint density at radius 1 is 0.933 bits per heavy atom. The summed E-state index contributed by atoms with van der Waals surface area (Å²) in [5, 5.41) is 3.41. The number of nitrogens with one attached hydrogen (secondary N) is 3. The number of hydrogen-bond donors (Lipinski definition) is 3. The molecule has 4 aromatic rings. The largest absolute Gasteiger partial charge is 0.452 e. The Hall–Kier alpha value is -3.47. The van der Waals surface area contributed by atoms with Crippen molar-refractivity contribution in [3.63, 3.8) is 0 Å². The second-order valence-corrected chi connectivity index (χ2v) is 8.57. The number of methoxy groups -OCH3 is 1. The van der Waals surface area contributed by atoms with Crippen LogP contribution in [-0.4, -0.2) is 18.2 Å². The van der Waals surface area contributed by atoms with Crippen LogP contribution in [-0.2, 0) is 10.2 Å². The van der Waals surface area contributed by atoms with Crippen LogP contribution in [0.3, 0.4) is 0 Å². The first-order valence-electron chi connectivity index (χ1n) is 10.0. The highest BCUT2D eigenvalue weighted by Gasteiger charge is 2.26. The van der Waals surface area contributed by atoms with Crippen LogP contribution in [0.1, 0.15) is 32.0 Å². The molecule has 0 fully saturated rings. The molecule has 0 aliphatic carbocycles. The summed E-state index contributed by atoms with van der Waals surface area (Å²) in [5.74, 6) is 0. The third-order valence-corrected chi connectivity index (χ3v) is 5.46. The van der Waals surface area contributed by atoms with Gasteiger partial charge < -0.3 is 9.72 Å². The van der Waals surface area contributed by atoms with E-state index >= 15 is 0 Å². The minimum atomic E-state index is -0.542. The van der Waals surface area contributed by atoms with Crippen molar-refractivity contribution in [3.05, 3.63) is 65.9 Å². The van der Waals surface area contributed by atoms with Gasteiger partial charge in [-0.05, 0) is 29.3 Å². The Labute approximate surface area is 176 Å². The minimum absolute atomic E-state index is 0.106. The monoisotopic (exact) mass is 401 g/mol. The zero-order chi connectivity index (χ0) is 21.5. The number of benzene rings is 3. The van der Waals surface area contributed by atoms with Crippen molar-refractivity contribution in [1.82, 2.24) is 10.4 Å². The Morgan fingerprint density at radius 3 is 2.40 bits per heavy atom. The Bertz CT molecular complexity index is 1250. The van der Waals surface area contributed by atoms with Gasteiger partial charge in [-0.25, -0.2) is 10.2 Å². The van der Waals surface area contributed by atoms with Crippen LogP contribution in [0.2, 0.25) is 0 Å². The van der Waals surface area contributed by atoms with Gasteiger partial charge in [0.05, 0.1) is 12.8 Å². The van der Waals surface area contributed by atoms with Gasteiger partial charge in [0.1, 0.15) is 0 Å². The predicted molar refractivity (Wildman–Crippen MR) is 124 cm³/mol. The van der Waals surface area contributed by atoms with Crippen molar-refractivity contribution in [2.75, 3.05) is 12.5 Å². The zero-order valence-corrected chi connectivity index (χ0v) is 18.0. The Balaban J connectivity index is 2.09. The smallest absolute Gasteiger partial charge is 0.425 e. The molecule has 0 aliphatic heterocycles. The van der Waals surface area contributed by atoms with E-state index in [1.165, 1.54) is 12.7 Å². The standard InChI is InChI=1S/C25H27N3O2/c1-15-9-8-12-18-21(23(25(2,3)4)26-22(15)18)20-17-11-7-6-10-16(17)13-14-19(20)27-28-24(29)30-5/h6-14,26-27H,1-5H3,(H,28,29). The number of para-hydroxylation sites is 1. The molecule has 0 bridgehead atoms. The molecule has 0 radical (unpaired) electrons. The molecule has 4 rings (SSSR count). The first kappa shape index (κ1) is 19.8. The van der Waals surface area contributed by atoms with E-state index < -0.39 is 6.09 Å². The summed E-state index contributed by atoms with van der Waals surface area (Å²) in [7, 11) is 1.35. The molecule has 1 amide bonds. The quantitative estimate of drug-likeness (QED) is 0.354. The lowest BCUT2D eigenvalue weighted by molar-refractivity contribution is 0.173. The van der Waals surface area contributed by atoms with Gasteiger partial charge in [0.25, 0.3) is 0 Å². The number of amides is 1. The first-order valence-corrected chi connectivity index (χ1v) is 10.0. The number of fused-ring (bicyclic) bond motifs is 2. The van der Waals surface area contributed by atoms with Crippen molar-refractivity contribution < 1.29 is 9.53 Å². The van der Waals surface area contributed by atoms with Crippen LogP contribution >= 0.6 is 0 Å². The number of anilines is 1. The Morgan fingerprint density at radius 2 is 1.67 bits per heavy atom. The maximum atomic E-state index is 11.7. The summed E-state index contributed by atoms with van der Waals surface area (Å²) in [5.41, 5.74) is 12.1. The van der Waals surface area contributed by atoms with Gasteiger partial charge in [0.15, 0.2) is 0 Å². The third-order valence-electron chi connectivity index (χ3n) is 5.46. The van der Waals surface area contributed by atoms with Gasteiger partial charge in [-0.15, -0.1) is 0 Å². The number of rotatable bonds is 3. The van der Waals surface area contributed by atoms with Gasteiger partial charge in [-0.1, -0.05) is 69.3 Å². The highest BCUT2D eigenvalue weighted by Crippen LogP contribution is 2.45. The summed E-state index contributed by atoms with van der Waals surface area (Å²) in [6, 6.07) is 18.7. The van der Waals surface area contributed by atoms with Crippen molar-refractivity contribution in [3.8, 4) is 11.1 Å². The maximum absolute atomic E-state index is 11.7. The van der Waals surface area contributed by atoms with E-state index in [2.05, 4.69) is 79.9 Å². The number of hydrogen-bond acceptors (Lipinski definition) is 3. The van der Waals surface area contributed by atoms with Crippen LogP contribution in [0.4, 0.5) is 10.5 Å². The summed E-state index contributed by atoms with van der Waals surface area (Å²) >= 11 is 0. The lowest BCUT2D eigenvalue weighted by Crippen LogP contribution is -2.29. The molecule has 0 spiro atoms. The van der Waals surface area contributed by atoms with E-state index in [0.29, 0.717) is 0 Å². The molecular weight excluding hydrogens is 374 g/mol. The predicted octanol–water partition coefficient (Wildman–Crippen LogP) is 6.28. The molecule has 3 N–H and O–H groups in total. The lowest BCUT2D eigenvalue weighted by Gasteiger charge is -2.22. The average Bonchev–Trinajstić information content (AvgIpc) is 3.12. The van der Waals surface area contributed by atoms with E-state index in [4.69, 9.17) is 4.74 Å². The fourth-order valence-corrected chi connectivity index (χ4v) is 4.00. The summed E-state index contributed by atoms with van der Waals surface area (Å²) in [4.78, 5) is 15.4. The molecule has 0 saturated carbocycles. The Kier molecular flexibility index (Phi) is 4.90. The van der Waals surface area contributed by atoms with Crippen LogP contribution in [0, 0.1) is 6.92 Å². The van der Waals surface area contributed by atoms with Crippen LogP contribution in [0.15, 0.2) is 54.6 Å². The molecular formula is C25H27N3O2. The topological polar surface area (TPSA) is 66.2 Å². The maximum Gasteiger partial charge on any atom is 0.425 e. The van der Waals surface area contributed by atoms with Gasteiger partial charge >= 0.3 is 6.09 Å². The van der Waals surface area contributed by atoms with Gasteiger partial charge in [-0.3, -0.25) is 5.43 Å². The van der Waals surface area contributed by atoms with Crippen LogP contribution in [0.5, 0.6) is 0 Å². The number of aromatic nitrogens is 1. The molecule has 5 nitrogen and oxygen atoms in total. The summed E-state index contributed by atoms with van der Waals surface area (Å²) in [6.45, 7) is 8.75. The number of ether oxygens (including phenoxy) is 1. The molecule has 1 heterocycles. The third kappa shape index (κ3) is 3.36. The molecule has 3 aromatic carbocycles. The molecule has 5 heteroatoms. The number of aryl methyl sites for hydroxylation is 1. The number of carbonyl (C=O) groups excluding carboxylic acids is 1. The molecule has 0 atom stereocenters. The average molecular weight is 402 g/mol. The van der Waals surface area contributed by atoms with Gasteiger partial charge in [0, 0.05) is 33.1 Å². The zero-order valence-electron chi connectivity index (χ0n) is 18.0. The minimum Gasteiger partial charge on any atom is -0.452 e. The normalized spacial score (nSPS) is 11.6. The van der Waals surface area contributed by atoms with Crippen molar-refractivity contribution in [1.29, 1.82) is 0 Å². The summed E-state index contributed by atoms with van der Waals surface area (Å²) < 4.78 is 4.74. The molecule has 1 aromatic heterocycles. The van der Waals surface area contributed by atoms with E-state index in [1.54, 1.807) is 0 Å². The van der Waals surface area contributed by atoms with Crippen molar-refractivity contribution in [2.24, 2.45) is 0 Å². The van der Waals surface area contributed by atoms with Gasteiger partial charge in [-0.2, -0.15) is 0 Å². The van der Waals surface area contributed by atoms with E-state index in [1.807, 2.05) is 18.2 Å². The highest BCUT2D eigenvalue weighted by atomic mass is 16.5. The second-order valence-electron chi connectivity index (χ2n) is 8.57. The second kappa shape index (κ2) is 7.41. The van der Waals surface area contributed by atoms with Crippen LogP contribution in [0.25, 0.3) is 32.8 Å². The molecule has 0 saturated heterocycles. The fourth-order valence-electron chi connectivity index (χ4n) is 4.00. The van der Waals surface area contributed by atoms with E-state index in [-0.39, 0.29) is 5.41 Å². The van der Waals surface area contributed by atoms with E-state index in [9.17, 15) is 4.79 Å². The van der Waals surface area contributed by atoms with Crippen molar-refractivity contribution >= 4 is 33.5 Å². The van der Waals surface area contributed by atoms with Crippen molar-refractivity contribution in [2.45, 2.75) is 33.1 Å². The number of H-pyrrole nitrogens is 1. The molecule has 0 aliphatic rings. The van der Waals surface area contributed by atoms with Crippen LogP contribution < -0.4 is 10.9 Å². The highest BCUT2D eigenvalue weighted by molar-refractivity contribution is 6.11. The molecule has 154 valence electrons. The number of aromatic amines is 1. The SMILES string of the molecule is COC(=O)NNc1ccc2ccccc2c1-c1c(C(C)(C)C)[nH]c2c(C)cccc12. The van der Waals surface area contributed by atoms with Gasteiger partial charge in [0.2, 0.25) is 0 Å². The number of carbonyl (C=O) groups is 1. The first-order chi connectivity index (χ1) is 14.3.